The molecule has 2 aromatic rings. The van der Waals surface area contributed by atoms with Gasteiger partial charge >= 0.3 is 5.97 Å². The Kier molecular flexibility index (Phi) is 4.93. The van der Waals surface area contributed by atoms with Crippen molar-refractivity contribution in [2.24, 2.45) is 5.92 Å². The Morgan fingerprint density at radius 2 is 2.00 bits per heavy atom. The van der Waals surface area contributed by atoms with E-state index in [2.05, 4.69) is 4.98 Å². The summed E-state index contributed by atoms with van der Waals surface area (Å²) in [6.45, 7) is 1.84. The molecule has 1 atom stereocenters. The summed E-state index contributed by atoms with van der Waals surface area (Å²) in [4.78, 5) is 39.1. The molecule has 0 fully saturated rings. The lowest BCUT2D eigenvalue weighted by atomic mass is 9.85. The van der Waals surface area contributed by atoms with Crippen molar-refractivity contribution in [2.45, 2.75) is 19.8 Å². The third-order valence-electron chi connectivity index (χ3n) is 4.19. The zero-order valence-corrected chi connectivity index (χ0v) is 14.0. The van der Waals surface area contributed by atoms with Crippen molar-refractivity contribution in [2.75, 3.05) is 6.61 Å². The van der Waals surface area contributed by atoms with Gasteiger partial charge in [-0.3, -0.25) is 9.59 Å². The molecule has 1 aromatic carbocycles. The minimum atomic E-state index is -0.703. The number of nitrogens with one attached hydrogen (secondary N) is 1. The number of ether oxygens (including phenoxy) is 1. The van der Waals surface area contributed by atoms with Crippen LogP contribution in [0.25, 0.3) is 6.08 Å². The Bertz CT molecular complexity index is 880. The predicted octanol–water partition coefficient (Wildman–Crippen LogP) is 3.01. The number of ketones is 1. The fourth-order valence-corrected chi connectivity index (χ4v) is 2.97. The van der Waals surface area contributed by atoms with Crippen LogP contribution in [-0.2, 0) is 11.2 Å². The van der Waals surface area contributed by atoms with Crippen molar-refractivity contribution in [3.63, 3.8) is 0 Å². The summed E-state index contributed by atoms with van der Waals surface area (Å²) in [7, 11) is 0. The minimum Gasteiger partial charge on any atom is -0.462 e. The van der Waals surface area contributed by atoms with Crippen molar-refractivity contribution in [3.05, 3.63) is 75.2 Å². The first-order chi connectivity index (χ1) is 12.1. The molecule has 0 aliphatic heterocycles. The maximum atomic E-state index is 12.4. The van der Waals surface area contributed by atoms with Gasteiger partial charge in [0.2, 0.25) is 0 Å². The number of esters is 1. The second kappa shape index (κ2) is 7.30. The number of aromatic nitrogens is 1. The van der Waals surface area contributed by atoms with Crippen LogP contribution < -0.4 is 5.56 Å². The smallest absolute Gasteiger partial charge is 0.343 e. The van der Waals surface area contributed by atoms with E-state index in [-0.39, 0.29) is 23.9 Å². The summed E-state index contributed by atoms with van der Waals surface area (Å²) in [5.41, 5.74) is 1.42. The number of aromatic amines is 1. The van der Waals surface area contributed by atoms with Gasteiger partial charge in [-0.1, -0.05) is 42.5 Å². The first-order valence-electron chi connectivity index (χ1n) is 8.28. The van der Waals surface area contributed by atoms with Crippen LogP contribution in [0.5, 0.6) is 0 Å². The average molecular weight is 337 g/mol. The van der Waals surface area contributed by atoms with Crippen molar-refractivity contribution in [1.29, 1.82) is 0 Å². The van der Waals surface area contributed by atoms with Gasteiger partial charge in [0.25, 0.3) is 5.56 Å². The predicted molar refractivity (Wildman–Crippen MR) is 94.6 cm³/mol. The number of hydrogen-bond acceptors (Lipinski definition) is 4. The molecule has 1 aliphatic rings. The van der Waals surface area contributed by atoms with Gasteiger partial charge in [-0.05, 0) is 30.9 Å². The van der Waals surface area contributed by atoms with E-state index in [1.807, 2.05) is 42.5 Å². The summed E-state index contributed by atoms with van der Waals surface area (Å²) >= 11 is 0. The van der Waals surface area contributed by atoms with Gasteiger partial charge < -0.3 is 9.72 Å². The number of hydrogen-bond donors (Lipinski definition) is 1. The third kappa shape index (κ3) is 3.76. The van der Waals surface area contributed by atoms with Crippen LogP contribution in [0.3, 0.4) is 0 Å². The molecule has 1 aromatic heterocycles. The largest absolute Gasteiger partial charge is 0.462 e. The Morgan fingerprint density at radius 1 is 1.24 bits per heavy atom. The highest BCUT2D eigenvalue weighted by Crippen LogP contribution is 2.25. The van der Waals surface area contributed by atoms with Crippen molar-refractivity contribution >= 4 is 17.8 Å². The normalized spacial score (nSPS) is 16.7. The fourth-order valence-electron chi connectivity index (χ4n) is 2.97. The zero-order valence-electron chi connectivity index (χ0n) is 14.0. The molecule has 5 nitrogen and oxygen atoms in total. The molecule has 0 bridgehead atoms. The van der Waals surface area contributed by atoms with Gasteiger partial charge in [-0.2, -0.15) is 0 Å². The highest BCUT2D eigenvalue weighted by atomic mass is 16.5. The van der Waals surface area contributed by atoms with Gasteiger partial charge in [0.05, 0.1) is 6.61 Å². The maximum absolute atomic E-state index is 12.4. The highest BCUT2D eigenvalue weighted by Gasteiger charge is 2.27. The molecule has 0 radical (unpaired) electrons. The van der Waals surface area contributed by atoms with Crippen LogP contribution in [0, 0.1) is 5.92 Å². The molecule has 0 saturated carbocycles. The summed E-state index contributed by atoms with van der Waals surface area (Å²) < 4.78 is 4.86. The lowest BCUT2D eigenvalue weighted by Crippen LogP contribution is -2.28. The molecule has 0 saturated heterocycles. The molecule has 5 heteroatoms. The van der Waals surface area contributed by atoms with E-state index < -0.39 is 11.5 Å². The molecule has 1 heterocycles. The molecule has 1 aliphatic carbocycles. The van der Waals surface area contributed by atoms with Crippen molar-refractivity contribution < 1.29 is 14.3 Å². The highest BCUT2D eigenvalue weighted by molar-refractivity contribution is 6.00. The maximum Gasteiger partial charge on any atom is 0.343 e. The molecule has 3 rings (SSSR count). The zero-order chi connectivity index (χ0) is 17.8. The van der Waals surface area contributed by atoms with Gasteiger partial charge in [0, 0.05) is 17.7 Å². The van der Waals surface area contributed by atoms with Crippen LogP contribution in [0.2, 0.25) is 0 Å². The van der Waals surface area contributed by atoms with E-state index in [4.69, 9.17) is 4.74 Å². The van der Waals surface area contributed by atoms with E-state index in [0.717, 1.165) is 5.56 Å². The van der Waals surface area contributed by atoms with Crippen LogP contribution in [-0.4, -0.2) is 23.3 Å². The van der Waals surface area contributed by atoms with Crippen LogP contribution >= 0.6 is 0 Å². The fraction of sp³-hybridized carbons (Fsp3) is 0.250. The van der Waals surface area contributed by atoms with Gasteiger partial charge in [-0.25, -0.2) is 4.79 Å². The van der Waals surface area contributed by atoms with Crippen molar-refractivity contribution in [3.8, 4) is 0 Å². The van der Waals surface area contributed by atoms with E-state index in [9.17, 15) is 14.4 Å². The van der Waals surface area contributed by atoms with Crippen LogP contribution in [0.4, 0.5) is 0 Å². The Balaban J connectivity index is 1.85. The summed E-state index contributed by atoms with van der Waals surface area (Å²) in [6.07, 6.45) is 4.88. The first kappa shape index (κ1) is 16.9. The summed E-state index contributed by atoms with van der Waals surface area (Å²) in [5, 5.41) is 0. The number of Topliss-reactive ketones (excluding diaryl/α,β-unsaturated/α-hetero) is 1. The van der Waals surface area contributed by atoms with Gasteiger partial charge in [0.1, 0.15) is 5.56 Å². The number of carbonyl (C=O) groups is 2. The molecule has 1 N–H and O–H groups in total. The number of allylic oxidation sites excluding steroid dienone is 1. The molecule has 0 unspecified atom stereocenters. The molecule has 0 amide bonds. The van der Waals surface area contributed by atoms with Gasteiger partial charge in [-0.15, -0.1) is 0 Å². The second-order valence-corrected chi connectivity index (χ2v) is 5.99. The lowest BCUT2D eigenvalue weighted by Gasteiger charge is -2.21. The number of pyridine rings is 1. The molecule has 128 valence electrons. The van der Waals surface area contributed by atoms with Crippen LogP contribution in [0.1, 0.15) is 45.3 Å². The second-order valence-electron chi connectivity index (χ2n) is 5.99. The summed E-state index contributed by atoms with van der Waals surface area (Å²) in [6, 6.07) is 11.2. The number of benzene rings is 1. The first-order valence-corrected chi connectivity index (χ1v) is 8.28. The Morgan fingerprint density at radius 3 is 2.72 bits per heavy atom. The lowest BCUT2D eigenvalue weighted by molar-refractivity contribution is 0.0524. The topological polar surface area (TPSA) is 76.2 Å². The quantitative estimate of drug-likeness (QED) is 0.870. The Hall–Kier alpha value is -2.95. The number of carbonyl (C=O) groups excluding carboxylic acids is 2. The minimum absolute atomic E-state index is 0.0179. The molecule has 25 heavy (non-hydrogen) atoms. The molecule has 0 spiro atoms. The average Bonchev–Trinajstić information content (AvgIpc) is 2.60. The van der Waals surface area contributed by atoms with E-state index in [0.29, 0.717) is 24.1 Å². The van der Waals surface area contributed by atoms with E-state index in [1.165, 1.54) is 6.07 Å². The van der Waals surface area contributed by atoms with E-state index in [1.54, 1.807) is 6.92 Å². The Labute approximate surface area is 145 Å². The third-order valence-corrected chi connectivity index (χ3v) is 4.19. The number of rotatable bonds is 4. The SMILES string of the molecule is CCOC(=O)c1cc2c([nH]c1=O)C[C@@H](/C=C/c1ccccc1)CC2=O. The molecular formula is C20H19NO4. The van der Waals surface area contributed by atoms with Gasteiger partial charge in [0.15, 0.2) is 5.78 Å². The van der Waals surface area contributed by atoms with E-state index >= 15 is 0 Å². The number of H-pyrrole nitrogens is 1. The van der Waals surface area contributed by atoms with Crippen molar-refractivity contribution in [1.82, 2.24) is 4.98 Å². The monoisotopic (exact) mass is 337 g/mol. The molecular weight excluding hydrogens is 318 g/mol. The summed E-state index contributed by atoms with van der Waals surface area (Å²) in [5.74, 6) is -0.763. The standard InChI is InChI=1S/C20H19NO4/c1-2-25-20(24)16-12-15-17(21-19(16)23)10-14(11-18(15)22)9-8-13-6-4-3-5-7-13/h3-9,12,14H,2,10-11H2,1H3,(H,21,23)/b9-8+/t14-/m1/s1. The van der Waals surface area contributed by atoms with Crippen LogP contribution in [0.15, 0.2) is 47.3 Å². The number of fused-ring (bicyclic) bond motifs is 1.